The molecule has 12 heteroatoms. The van der Waals surface area contributed by atoms with Gasteiger partial charge >= 0.3 is 11.9 Å². The summed E-state index contributed by atoms with van der Waals surface area (Å²) in [5.41, 5.74) is -0.326. The van der Waals surface area contributed by atoms with E-state index >= 15 is 0 Å². The zero-order chi connectivity index (χ0) is 16.4. The topological polar surface area (TPSA) is 108 Å². The molecule has 23 heavy (non-hydrogen) atoms. The molecule has 126 valence electrons. The summed E-state index contributed by atoms with van der Waals surface area (Å²) in [7, 11) is 0. The van der Waals surface area contributed by atoms with Crippen LogP contribution in [0.2, 0.25) is 0 Å². The second-order valence-corrected chi connectivity index (χ2v) is 5.46. The molecule has 0 aromatic carbocycles. The van der Waals surface area contributed by atoms with Crippen molar-refractivity contribution in [2.24, 2.45) is 0 Å². The first kappa shape index (κ1) is 15.6. The fourth-order valence-corrected chi connectivity index (χ4v) is 2.61. The average molecular weight is 332 g/mol. The zero-order valence-corrected chi connectivity index (χ0v) is 12.0. The number of hydrogen-bond acceptors (Lipinski definition) is 6. The van der Waals surface area contributed by atoms with Crippen LogP contribution in [0.4, 0.5) is 13.2 Å². The summed E-state index contributed by atoms with van der Waals surface area (Å²) in [5, 5.41) is 17.1. The Balaban J connectivity index is 1.52. The van der Waals surface area contributed by atoms with Crippen molar-refractivity contribution in [2.45, 2.75) is 38.0 Å². The van der Waals surface area contributed by atoms with Gasteiger partial charge in [0, 0.05) is 5.92 Å². The molecule has 0 aliphatic carbocycles. The summed E-state index contributed by atoms with van der Waals surface area (Å²) in [6, 6.07) is 0. The van der Waals surface area contributed by atoms with Crippen molar-refractivity contribution in [3.63, 3.8) is 0 Å². The van der Waals surface area contributed by atoms with Crippen LogP contribution < -0.4 is 5.69 Å². The first-order valence-corrected chi connectivity index (χ1v) is 7.09. The van der Waals surface area contributed by atoms with E-state index in [0.29, 0.717) is 30.3 Å². The van der Waals surface area contributed by atoms with E-state index in [1.807, 2.05) is 4.90 Å². The molecule has 0 spiro atoms. The van der Waals surface area contributed by atoms with Gasteiger partial charge in [-0.2, -0.15) is 23.1 Å². The molecular weight excluding hydrogens is 317 g/mol. The largest absolute Gasteiger partial charge is 0.409 e. The molecular formula is C11H15F3N8O. The van der Waals surface area contributed by atoms with Crippen LogP contribution in [0.5, 0.6) is 0 Å². The maximum Gasteiger partial charge on any atom is 0.409 e. The Morgan fingerprint density at radius 1 is 1.26 bits per heavy atom. The summed E-state index contributed by atoms with van der Waals surface area (Å²) in [4.78, 5) is 16.3. The zero-order valence-electron chi connectivity index (χ0n) is 12.0. The third-order valence-electron chi connectivity index (χ3n) is 3.67. The van der Waals surface area contributed by atoms with Gasteiger partial charge in [0.1, 0.15) is 5.82 Å². The predicted octanol–water partition coefficient (Wildman–Crippen LogP) is 0.0264. The van der Waals surface area contributed by atoms with Crippen LogP contribution in [-0.4, -0.2) is 59.6 Å². The lowest BCUT2D eigenvalue weighted by molar-refractivity contribution is -0.145. The molecule has 1 fully saturated rings. The van der Waals surface area contributed by atoms with E-state index in [0.717, 1.165) is 12.8 Å². The molecule has 1 aliphatic rings. The molecule has 0 bridgehead atoms. The van der Waals surface area contributed by atoms with E-state index in [1.54, 1.807) is 0 Å². The molecule has 0 unspecified atom stereocenters. The molecule has 3 heterocycles. The Morgan fingerprint density at radius 3 is 2.61 bits per heavy atom. The summed E-state index contributed by atoms with van der Waals surface area (Å²) < 4.78 is 36.7. The Kier molecular flexibility index (Phi) is 4.15. The van der Waals surface area contributed by atoms with Gasteiger partial charge < -0.3 is 0 Å². The van der Waals surface area contributed by atoms with Crippen LogP contribution >= 0.6 is 0 Å². The maximum absolute atomic E-state index is 12.2. The molecule has 0 amide bonds. The highest BCUT2D eigenvalue weighted by Crippen LogP contribution is 2.25. The fourth-order valence-electron chi connectivity index (χ4n) is 2.61. The van der Waals surface area contributed by atoms with Gasteiger partial charge in [-0.05, 0) is 31.1 Å². The van der Waals surface area contributed by atoms with Crippen LogP contribution in [0.3, 0.4) is 0 Å². The van der Waals surface area contributed by atoms with Gasteiger partial charge in [-0.25, -0.2) is 9.89 Å². The number of piperidine rings is 1. The van der Waals surface area contributed by atoms with E-state index in [1.165, 1.54) is 0 Å². The van der Waals surface area contributed by atoms with Crippen molar-refractivity contribution >= 4 is 0 Å². The number of hydrogen-bond donors (Lipinski definition) is 2. The van der Waals surface area contributed by atoms with Crippen LogP contribution in [-0.2, 0) is 13.1 Å². The highest BCUT2D eigenvalue weighted by Gasteiger charge is 2.30. The number of likely N-dealkylation sites (tertiary alicyclic amines) is 1. The number of halogens is 3. The highest BCUT2D eigenvalue weighted by atomic mass is 19.4. The number of rotatable bonds is 4. The van der Waals surface area contributed by atoms with Crippen molar-refractivity contribution in [1.29, 1.82) is 0 Å². The molecule has 3 rings (SSSR count). The molecule has 2 N–H and O–H groups in total. The van der Waals surface area contributed by atoms with E-state index in [-0.39, 0.29) is 17.4 Å². The van der Waals surface area contributed by atoms with Crippen LogP contribution in [0.25, 0.3) is 0 Å². The number of aromatic amines is 2. The number of alkyl halides is 3. The Labute approximate surface area is 127 Å². The van der Waals surface area contributed by atoms with Crippen molar-refractivity contribution in [2.75, 3.05) is 13.1 Å². The summed E-state index contributed by atoms with van der Waals surface area (Å²) >= 11 is 0. The monoisotopic (exact) mass is 332 g/mol. The molecule has 2 aromatic rings. The minimum absolute atomic E-state index is 0.166. The quantitative estimate of drug-likeness (QED) is 0.817. The third kappa shape index (κ3) is 4.15. The van der Waals surface area contributed by atoms with Gasteiger partial charge in [0.25, 0.3) is 0 Å². The molecule has 0 saturated carbocycles. The van der Waals surface area contributed by atoms with Gasteiger partial charge in [0.05, 0.1) is 6.54 Å². The predicted molar refractivity (Wildman–Crippen MR) is 70.3 cm³/mol. The van der Waals surface area contributed by atoms with Gasteiger partial charge in [-0.1, -0.05) is 0 Å². The maximum atomic E-state index is 12.2. The number of nitrogens with one attached hydrogen (secondary N) is 2. The smallest absolute Gasteiger partial charge is 0.296 e. The van der Waals surface area contributed by atoms with E-state index < -0.39 is 12.7 Å². The van der Waals surface area contributed by atoms with Crippen molar-refractivity contribution < 1.29 is 13.2 Å². The molecule has 2 aromatic heterocycles. The number of nitrogens with zero attached hydrogens (tertiary/aromatic N) is 6. The average Bonchev–Trinajstić information content (AvgIpc) is 3.07. The van der Waals surface area contributed by atoms with Crippen LogP contribution in [0.1, 0.15) is 30.4 Å². The summed E-state index contributed by atoms with van der Waals surface area (Å²) in [5.74, 6) is 1.07. The van der Waals surface area contributed by atoms with E-state index in [2.05, 4.69) is 30.6 Å². The molecule has 1 saturated heterocycles. The SMILES string of the molecule is O=c1[nH]nc(C2CCN(Cc3nnn(CC(F)(F)F)n3)CC2)[nH]1. The van der Waals surface area contributed by atoms with Gasteiger partial charge in [0.2, 0.25) is 0 Å². The molecule has 1 aliphatic heterocycles. The minimum atomic E-state index is -4.36. The molecule has 9 nitrogen and oxygen atoms in total. The first-order valence-electron chi connectivity index (χ1n) is 7.09. The van der Waals surface area contributed by atoms with Gasteiger partial charge in [0.15, 0.2) is 12.4 Å². The third-order valence-corrected chi connectivity index (χ3v) is 3.67. The lowest BCUT2D eigenvalue weighted by Gasteiger charge is -2.29. The van der Waals surface area contributed by atoms with Crippen LogP contribution in [0.15, 0.2) is 4.79 Å². The van der Waals surface area contributed by atoms with Crippen LogP contribution in [0, 0.1) is 0 Å². The number of tetrazole rings is 1. The lowest BCUT2D eigenvalue weighted by atomic mass is 9.96. The second kappa shape index (κ2) is 6.10. The Bertz CT molecular complexity index is 696. The van der Waals surface area contributed by atoms with Crippen molar-refractivity contribution in [1.82, 2.24) is 40.3 Å². The van der Waals surface area contributed by atoms with Crippen molar-refractivity contribution in [3.05, 3.63) is 22.1 Å². The normalized spacial score (nSPS) is 17.7. The lowest BCUT2D eigenvalue weighted by Crippen LogP contribution is -2.33. The minimum Gasteiger partial charge on any atom is -0.296 e. The van der Waals surface area contributed by atoms with E-state index in [4.69, 9.17) is 0 Å². The standard InChI is InChI=1S/C11H15F3N8O/c12-11(13,14)6-22-19-8(16-20-22)5-21-3-1-7(2-4-21)9-15-10(23)18-17-9/h7H,1-6H2,(H2,15,17,18,23). The second-order valence-electron chi connectivity index (χ2n) is 5.46. The number of H-pyrrole nitrogens is 2. The fraction of sp³-hybridized carbons (Fsp3) is 0.727. The van der Waals surface area contributed by atoms with E-state index in [9.17, 15) is 18.0 Å². The number of aromatic nitrogens is 7. The Hall–Kier alpha value is -2.24. The summed E-state index contributed by atoms with van der Waals surface area (Å²) in [6.07, 6.45) is -2.79. The van der Waals surface area contributed by atoms with Gasteiger partial charge in [-0.15, -0.1) is 10.2 Å². The molecule has 0 radical (unpaired) electrons. The summed E-state index contributed by atoms with van der Waals surface area (Å²) in [6.45, 7) is 0.539. The van der Waals surface area contributed by atoms with Gasteiger partial charge in [-0.3, -0.25) is 9.88 Å². The van der Waals surface area contributed by atoms with Crippen molar-refractivity contribution in [3.8, 4) is 0 Å². The first-order chi connectivity index (χ1) is 10.9. The Morgan fingerprint density at radius 2 is 2.00 bits per heavy atom. The molecule has 0 atom stereocenters. The highest BCUT2D eigenvalue weighted by molar-refractivity contribution is 4.96.